The molecule has 1 aliphatic rings. The predicted molar refractivity (Wildman–Crippen MR) is 121 cm³/mol. The lowest BCUT2D eigenvalue weighted by molar-refractivity contribution is -0.122. The van der Waals surface area contributed by atoms with Gasteiger partial charge in [0.05, 0.1) is 22.7 Å². The highest BCUT2D eigenvalue weighted by molar-refractivity contribution is 5.99. The highest BCUT2D eigenvalue weighted by Gasteiger charge is 2.30. The number of nitrogens with two attached hydrogens (primary N) is 1. The van der Waals surface area contributed by atoms with Crippen LogP contribution in [0.3, 0.4) is 0 Å². The fourth-order valence-electron chi connectivity index (χ4n) is 4.07. The first-order chi connectivity index (χ1) is 15.0. The van der Waals surface area contributed by atoms with Gasteiger partial charge in [-0.3, -0.25) is 9.59 Å². The van der Waals surface area contributed by atoms with Crippen LogP contribution in [0.25, 0.3) is 10.9 Å². The molecule has 1 aliphatic carbocycles. The molecule has 1 aromatic carbocycles. The Bertz CT molecular complexity index is 1120. The smallest absolute Gasteiger partial charge is 0.254 e. The summed E-state index contributed by atoms with van der Waals surface area (Å²) < 4.78 is 0. The Morgan fingerprint density at radius 3 is 2.68 bits per heavy atom. The molecule has 160 valence electrons. The number of hydrogen-bond donors (Lipinski definition) is 4. The summed E-state index contributed by atoms with van der Waals surface area (Å²) in [6.07, 6.45) is 5.07. The molecule has 0 saturated heterocycles. The maximum absolute atomic E-state index is 12.4. The summed E-state index contributed by atoms with van der Waals surface area (Å²) in [6, 6.07) is 13.4. The summed E-state index contributed by atoms with van der Waals surface area (Å²) in [5.74, 6) is 0.364. The number of carbonyl (C=O) groups is 2. The SMILES string of the molecule is CNC(=O)c1cnc(Nc2ccc3ccccc3n2)cc1N[C@@H]1CCCC[C@@H]1C(N)=O. The van der Waals surface area contributed by atoms with Crippen LogP contribution in [0, 0.1) is 5.92 Å². The lowest BCUT2D eigenvalue weighted by atomic mass is 9.84. The molecule has 0 radical (unpaired) electrons. The largest absolute Gasteiger partial charge is 0.381 e. The molecular weight excluding hydrogens is 392 g/mol. The molecule has 8 heteroatoms. The Morgan fingerprint density at radius 1 is 1.06 bits per heavy atom. The normalized spacial score (nSPS) is 18.4. The number of anilines is 3. The molecule has 2 heterocycles. The quantitative estimate of drug-likeness (QED) is 0.488. The Labute approximate surface area is 180 Å². The van der Waals surface area contributed by atoms with E-state index in [0.717, 1.165) is 36.6 Å². The number of benzene rings is 1. The van der Waals surface area contributed by atoms with Crippen molar-refractivity contribution in [3.8, 4) is 0 Å². The lowest BCUT2D eigenvalue weighted by Crippen LogP contribution is -2.41. The van der Waals surface area contributed by atoms with Gasteiger partial charge in [-0.05, 0) is 31.0 Å². The molecule has 8 nitrogen and oxygen atoms in total. The third kappa shape index (κ3) is 4.58. The number of para-hydroxylation sites is 1. The van der Waals surface area contributed by atoms with Gasteiger partial charge in [0.2, 0.25) is 5.91 Å². The van der Waals surface area contributed by atoms with Gasteiger partial charge in [-0.1, -0.05) is 31.0 Å². The monoisotopic (exact) mass is 418 g/mol. The van der Waals surface area contributed by atoms with Gasteiger partial charge in [-0.25, -0.2) is 9.97 Å². The van der Waals surface area contributed by atoms with E-state index in [4.69, 9.17) is 5.73 Å². The number of aromatic nitrogens is 2. The molecular formula is C23H26N6O2. The second-order valence-corrected chi connectivity index (χ2v) is 7.75. The highest BCUT2D eigenvalue weighted by Crippen LogP contribution is 2.30. The van der Waals surface area contributed by atoms with E-state index in [1.807, 2.05) is 36.4 Å². The molecule has 0 bridgehead atoms. The molecule has 4 rings (SSSR count). The van der Waals surface area contributed by atoms with E-state index in [1.165, 1.54) is 6.20 Å². The third-order valence-electron chi connectivity index (χ3n) is 5.70. The van der Waals surface area contributed by atoms with Crippen LogP contribution in [0.2, 0.25) is 0 Å². The van der Waals surface area contributed by atoms with Crippen molar-refractivity contribution in [1.29, 1.82) is 0 Å². The topological polar surface area (TPSA) is 122 Å². The van der Waals surface area contributed by atoms with E-state index in [0.29, 0.717) is 22.9 Å². The maximum atomic E-state index is 12.4. The number of hydrogen-bond acceptors (Lipinski definition) is 6. The first kappa shape index (κ1) is 20.6. The van der Waals surface area contributed by atoms with Gasteiger partial charge in [0.15, 0.2) is 0 Å². The van der Waals surface area contributed by atoms with E-state index >= 15 is 0 Å². The van der Waals surface area contributed by atoms with Crippen molar-refractivity contribution in [2.24, 2.45) is 11.7 Å². The first-order valence-corrected chi connectivity index (χ1v) is 10.5. The van der Waals surface area contributed by atoms with Crippen LogP contribution in [0.1, 0.15) is 36.0 Å². The zero-order valence-corrected chi connectivity index (χ0v) is 17.4. The van der Waals surface area contributed by atoms with Gasteiger partial charge in [0.1, 0.15) is 11.6 Å². The van der Waals surface area contributed by atoms with Gasteiger partial charge in [0.25, 0.3) is 5.91 Å². The van der Waals surface area contributed by atoms with Crippen molar-refractivity contribution in [3.63, 3.8) is 0 Å². The summed E-state index contributed by atoms with van der Waals surface area (Å²) in [5.41, 5.74) is 7.51. The van der Waals surface area contributed by atoms with Crippen molar-refractivity contribution < 1.29 is 9.59 Å². The van der Waals surface area contributed by atoms with Gasteiger partial charge in [0, 0.05) is 30.7 Å². The van der Waals surface area contributed by atoms with E-state index in [2.05, 4.69) is 25.9 Å². The van der Waals surface area contributed by atoms with Crippen LogP contribution in [-0.2, 0) is 4.79 Å². The Balaban J connectivity index is 1.63. The second kappa shape index (κ2) is 8.99. The molecule has 3 aromatic rings. The van der Waals surface area contributed by atoms with Crippen LogP contribution < -0.4 is 21.7 Å². The molecule has 2 aromatic heterocycles. The average Bonchev–Trinajstić information content (AvgIpc) is 2.79. The number of rotatable bonds is 6. The minimum atomic E-state index is -0.313. The number of carbonyl (C=O) groups excluding carboxylic acids is 2. The number of primary amides is 1. The van der Waals surface area contributed by atoms with Crippen LogP contribution >= 0.6 is 0 Å². The number of nitrogens with one attached hydrogen (secondary N) is 3. The van der Waals surface area contributed by atoms with Crippen LogP contribution in [-0.4, -0.2) is 34.9 Å². The first-order valence-electron chi connectivity index (χ1n) is 10.5. The number of fused-ring (bicyclic) bond motifs is 1. The molecule has 1 fully saturated rings. The number of pyridine rings is 2. The lowest BCUT2D eigenvalue weighted by Gasteiger charge is -2.31. The fraction of sp³-hybridized carbons (Fsp3) is 0.304. The highest BCUT2D eigenvalue weighted by atomic mass is 16.2. The number of amides is 2. The van der Waals surface area contributed by atoms with Crippen LogP contribution in [0.5, 0.6) is 0 Å². The maximum Gasteiger partial charge on any atom is 0.254 e. The Kier molecular flexibility index (Phi) is 5.97. The molecule has 0 spiro atoms. The molecule has 31 heavy (non-hydrogen) atoms. The molecule has 5 N–H and O–H groups in total. The minimum absolute atomic E-state index is 0.122. The molecule has 2 atom stereocenters. The molecule has 2 amide bonds. The number of nitrogens with zero attached hydrogens (tertiary/aromatic N) is 2. The molecule has 1 saturated carbocycles. The van der Waals surface area contributed by atoms with E-state index in [1.54, 1.807) is 13.1 Å². The summed E-state index contributed by atoms with van der Waals surface area (Å²) in [6.45, 7) is 0. The predicted octanol–water partition coefficient (Wildman–Crippen LogP) is 3.19. The second-order valence-electron chi connectivity index (χ2n) is 7.75. The van der Waals surface area contributed by atoms with Crippen molar-refractivity contribution in [3.05, 3.63) is 54.2 Å². The summed E-state index contributed by atoms with van der Waals surface area (Å²) in [7, 11) is 1.57. The van der Waals surface area contributed by atoms with Crippen molar-refractivity contribution in [2.45, 2.75) is 31.7 Å². The van der Waals surface area contributed by atoms with Gasteiger partial charge in [-0.15, -0.1) is 0 Å². The van der Waals surface area contributed by atoms with E-state index < -0.39 is 0 Å². The summed E-state index contributed by atoms with van der Waals surface area (Å²) in [4.78, 5) is 33.3. The van der Waals surface area contributed by atoms with Crippen LogP contribution in [0.15, 0.2) is 48.7 Å². The zero-order chi connectivity index (χ0) is 21.8. The molecule has 0 aliphatic heterocycles. The van der Waals surface area contributed by atoms with Gasteiger partial charge >= 0.3 is 0 Å². The van der Waals surface area contributed by atoms with Crippen molar-refractivity contribution in [2.75, 3.05) is 17.7 Å². The van der Waals surface area contributed by atoms with E-state index in [-0.39, 0.29) is 23.8 Å². The summed E-state index contributed by atoms with van der Waals surface area (Å²) in [5, 5.41) is 10.3. The average molecular weight is 419 g/mol. The molecule has 0 unspecified atom stereocenters. The standard InChI is InChI=1S/C23H26N6O2/c1-25-23(31)16-13-26-21(29-20-11-10-14-6-2-4-8-17(14)28-20)12-19(16)27-18-9-5-3-7-15(18)22(24)30/h2,4,6,8,10-13,15,18H,3,5,7,9H2,1H3,(H2,24,30)(H,25,31)(H2,26,27,28,29)/t15-,18+/m0/s1. The van der Waals surface area contributed by atoms with Gasteiger partial charge < -0.3 is 21.7 Å². The Morgan fingerprint density at radius 2 is 1.87 bits per heavy atom. The minimum Gasteiger partial charge on any atom is -0.381 e. The van der Waals surface area contributed by atoms with Crippen molar-refractivity contribution >= 4 is 40.0 Å². The van der Waals surface area contributed by atoms with Crippen molar-refractivity contribution in [1.82, 2.24) is 15.3 Å². The van der Waals surface area contributed by atoms with Crippen LogP contribution in [0.4, 0.5) is 17.3 Å². The van der Waals surface area contributed by atoms with Gasteiger partial charge in [-0.2, -0.15) is 0 Å². The Hall–Kier alpha value is -3.68. The third-order valence-corrected chi connectivity index (χ3v) is 5.70. The summed E-state index contributed by atoms with van der Waals surface area (Å²) >= 11 is 0. The fourth-order valence-corrected chi connectivity index (χ4v) is 4.07. The van der Waals surface area contributed by atoms with E-state index in [9.17, 15) is 9.59 Å². The zero-order valence-electron chi connectivity index (χ0n) is 17.4.